The van der Waals surface area contributed by atoms with Crippen LogP contribution in [-0.2, 0) is 6.42 Å². The zero-order valence-corrected chi connectivity index (χ0v) is 18.8. The quantitative estimate of drug-likeness (QED) is 0.293. The van der Waals surface area contributed by atoms with Crippen molar-refractivity contribution in [1.82, 2.24) is 0 Å². The number of aryl methyl sites for hydroxylation is 1. The van der Waals surface area contributed by atoms with E-state index in [-0.39, 0.29) is 5.41 Å². The second-order valence-corrected chi connectivity index (χ2v) is 9.25. The molecule has 2 aliphatic rings. The van der Waals surface area contributed by atoms with E-state index in [0.29, 0.717) is 11.8 Å². The fraction of sp³-hybridized carbons (Fsp3) is 0.333. The van der Waals surface area contributed by atoms with Gasteiger partial charge in [-0.3, -0.25) is 0 Å². The molecule has 0 amide bonds. The Morgan fingerprint density at radius 1 is 1.13 bits per heavy atom. The SMILES string of the molecule is C=C1C(C2C=[C+]C=C2)=CC=CC1CCC(C)(C)C(=C)C/C=C/Cc1ccc(C)cc1. The number of allylic oxidation sites excluding steroid dienone is 12. The van der Waals surface area contributed by atoms with Crippen molar-refractivity contribution in [3.05, 3.63) is 120 Å². The van der Waals surface area contributed by atoms with Gasteiger partial charge in [0, 0.05) is 5.92 Å². The van der Waals surface area contributed by atoms with Gasteiger partial charge in [-0.15, -0.1) is 0 Å². The van der Waals surface area contributed by atoms with Gasteiger partial charge in [-0.05, 0) is 54.7 Å². The molecular formula is C30H35+. The lowest BCUT2D eigenvalue weighted by Gasteiger charge is -2.30. The predicted molar refractivity (Wildman–Crippen MR) is 131 cm³/mol. The Kier molecular flexibility index (Phi) is 7.24. The van der Waals surface area contributed by atoms with Crippen LogP contribution in [0.15, 0.2) is 103 Å². The smallest absolute Gasteiger partial charge is 0.0990 e. The van der Waals surface area contributed by atoms with Gasteiger partial charge in [0.25, 0.3) is 0 Å². The third-order valence-corrected chi connectivity index (χ3v) is 6.51. The first kappa shape index (κ1) is 22.0. The van der Waals surface area contributed by atoms with Crippen molar-refractivity contribution in [2.24, 2.45) is 17.3 Å². The Balaban J connectivity index is 1.48. The van der Waals surface area contributed by atoms with Crippen molar-refractivity contribution in [2.45, 2.75) is 46.5 Å². The molecule has 0 spiro atoms. The fourth-order valence-electron chi connectivity index (χ4n) is 4.03. The van der Waals surface area contributed by atoms with E-state index >= 15 is 0 Å². The van der Waals surface area contributed by atoms with Gasteiger partial charge < -0.3 is 0 Å². The van der Waals surface area contributed by atoms with E-state index in [2.05, 4.69) is 107 Å². The van der Waals surface area contributed by atoms with Gasteiger partial charge in [-0.2, -0.15) is 0 Å². The highest BCUT2D eigenvalue weighted by Gasteiger charge is 2.28. The third kappa shape index (κ3) is 5.68. The topological polar surface area (TPSA) is 0 Å². The largest absolute Gasteiger partial charge is 0.156 e. The van der Waals surface area contributed by atoms with E-state index in [1.54, 1.807) is 0 Å². The van der Waals surface area contributed by atoms with E-state index in [9.17, 15) is 0 Å². The molecular weight excluding hydrogens is 360 g/mol. The lowest BCUT2D eigenvalue weighted by Crippen LogP contribution is -2.18. The summed E-state index contributed by atoms with van der Waals surface area (Å²) in [6.07, 6.45) is 24.9. The van der Waals surface area contributed by atoms with E-state index in [1.165, 1.54) is 27.8 Å². The maximum Gasteiger partial charge on any atom is 0.156 e. The Hall–Kier alpha value is -2.69. The first-order chi connectivity index (χ1) is 14.4. The van der Waals surface area contributed by atoms with E-state index in [1.807, 2.05) is 6.08 Å². The highest BCUT2D eigenvalue weighted by molar-refractivity contribution is 5.46. The summed E-state index contributed by atoms with van der Waals surface area (Å²) in [6, 6.07) is 8.77. The molecule has 2 aliphatic carbocycles. The van der Waals surface area contributed by atoms with Gasteiger partial charge in [-0.25, -0.2) is 0 Å². The Morgan fingerprint density at radius 3 is 2.60 bits per heavy atom. The second-order valence-electron chi connectivity index (χ2n) is 9.25. The van der Waals surface area contributed by atoms with Crippen molar-refractivity contribution in [2.75, 3.05) is 0 Å². The predicted octanol–water partition coefficient (Wildman–Crippen LogP) is 8.06. The standard InChI is InChI=1S/C30H35/c1-23-17-19-26(20-18-23)12-7-6-11-24(2)30(4,5)22-21-27-15-10-16-29(25(27)3)28-13-8-9-14-28/h6-8,10,13-20,27-28H,2-3,11-12,21-22H2,1,4-5H3/q+1/b7-6+. The molecule has 0 saturated carbocycles. The molecule has 0 bridgehead atoms. The van der Waals surface area contributed by atoms with Crippen LogP contribution in [0.5, 0.6) is 0 Å². The van der Waals surface area contributed by atoms with E-state index in [0.717, 1.165) is 25.7 Å². The average Bonchev–Trinajstić information content (AvgIpc) is 3.26. The summed E-state index contributed by atoms with van der Waals surface area (Å²) >= 11 is 0. The molecule has 0 heteroatoms. The van der Waals surface area contributed by atoms with Crippen molar-refractivity contribution in [1.29, 1.82) is 0 Å². The van der Waals surface area contributed by atoms with Gasteiger partial charge in [0.2, 0.25) is 0 Å². The molecule has 0 heterocycles. The van der Waals surface area contributed by atoms with Crippen molar-refractivity contribution < 1.29 is 0 Å². The zero-order valence-electron chi connectivity index (χ0n) is 18.8. The van der Waals surface area contributed by atoms with Crippen LogP contribution in [0.3, 0.4) is 0 Å². The number of benzene rings is 1. The third-order valence-electron chi connectivity index (χ3n) is 6.51. The van der Waals surface area contributed by atoms with Crippen LogP contribution < -0.4 is 0 Å². The summed E-state index contributed by atoms with van der Waals surface area (Å²) in [7, 11) is 0. The summed E-state index contributed by atoms with van der Waals surface area (Å²) in [5.74, 6) is 0.753. The normalized spacial score (nSPS) is 20.6. The highest BCUT2D eigenvalue weighted by Crippen LogP contribution is 2.39. The monoisotopic (exact) mass is 395 g/mol. The second kappa shape index (κ2) is 9.88. The molecule has 0 aromatic heterocycles. The van der Waals surface area contributed by atoms with Gasteiger partial charge in [0.05, 0.1) is 18.2 Å². The molecule has 2 atom stereocenters. The van der Waals surface area contributed by atoms with Crippen LogP contribution >= 0.6 is 0 Å². The molecule has 30 heavy (non-hydrogen) atoms. The van der Waals surface area contributed by atoms with E-state index in [4.69, 9.17) is 0 Å². The molecule has 0 fully saturated rings. The molecule has 0 saturated heterocycles. The van der Waals surface area contributed by atoms with Gasteiger partial charge >= 0.3 is 0 Å². The zero-order chi connectivity index (χ0) is 21.6. The van der Waals surface area contributed by atoms with Gasteiger partial charge in [0.1, 0.15) is 5.92 Å². The number of rotatable bonds is 9. The molecule has 0 radical (unpaired) electrons. The van der Waals surface area contributed by atoms with Crippen LogP contribution in [0.1, 0.15) is 44.2 Å². The molecule has 0 nitrogen and oxygen atoms in total. The Bertz CT molecular complexity index is 897. The molecule has 154 valence electrons. The number of hydrogen-bond donors (Lipinski definition) is 0. The molecule has 3 rings (SSSR count). The van der Waals surface area contributed by atoms with Gasteiger partial charge in [0.15, 0.2) is 6.08 Å². The van der Waals surface area contributed by atoms with E-state index < -0.39 is 0 Å². The van der Waals surface area contributed by atoms with Gasteiger partial charge in [-0.1, -0.05) is 92.8 Å². The number of hydrogen-bond acceptors (Lipinski definition) is 0. The molecule has 1 aromatic rings. The highest BCUT2D eigenvalue weighted by atomic mass is 14.3. The molecule has 1 aromatic carbocycles. The maximum absolute atomic E-state index is 4.43. The first-order valence-corrected chi connectivity index (χ1v) is 11.1. The lowest BCUT2D eigenvalue weighted by atomic mass is 9.74. The summed E-state index contributed by atoms with van der Waals surface area (Å²) in [5.41, 5.74) is 6.68. The summed E-state index contributed by atoms with van der Waals surface area (Å²) in [5, 5.41) is 0. The molecule has 0 aliphatic heterocycles. The average molecular weight is 396 g/mol. The van der Waals surface area contributed by atoms with Crippen molar-refractivity contribution >= 4 is 0 Å². The minimum atomic E-state index is 0.116. The Labute approximate surface area is 183 Å². The summed E-state index contributed by atoms with van der Waals surface area (Å²) in [6.45, 7) is 15.6. The fourth-order valence-corrected chi connectivity index (χ4v) is 4.03. The summed E-state index contributed by atoms with van der Waals surface area (Å²) in [4.78, 5) is 0. The van der Waals surface area contributed by atoms with Crippen LogP contribution in [0.2, 0.25) is 0 Å². The molecule has 0 N–H and O–H groups in total. The Morgan fingerprint density at radius 2 is 1.90 bits per heavy atom. The lowest BCUT2D eigenvalue weighted by molar-refractivity contribution is 0.372. The minimum Gasteiger partial charge on any atom is -0.0990 e. The minimum absolute atomic E-state index is 0.116. The van der Waals surface area contributed by atoms with Crippen LogP contribution in [0.4, 0.5) is 0 Å². The maximum atomic E-state index is 4.43. The van der Waals surface area contributed by atoms with Crippen LogP contribution in [-0.4, -0.2) is 0 Å². The summed E-state index contributed by atoms with van der Waals surface area (Å²) < 4.78 is 0. The van der Waals surface area contributed by atoms with Crippen LogP contribution in [0.25, 0.3) is 0 Å². The molecule has 2 unspecified atom stereocenters. The van der Waals surface area contributed by atoms with Crippen molar-refractivity contribution in [3.8, 4) is 0 Å². The van der Waals surface area contributed by atoms with Crippen molar-refractivity contribution in [3.63, 3.8) is 0 Å². The first-order valence-electron chi connectivity index (χ1n) is 11.1. The van der Waals surface area contributed by atoms with Crippen LogP contribution in [0, 0.1) is 30.3 Å².